The fourth-order valence-corrected chi connectivity index (χ4v) is 3.51. The largest absolute Gasteiger partial charge is 0.493 e. The molecule has 0 aliphatic heterocycles. The van der Waals surface area contributed by atoms with Gasteiger partial charge in [0.05, 0.1) is 26.0 Å². The number of tetrazole rings is 1. The van der Waals surface area contributed by atoms with E-state index in [1.165, 1.54) is 11.1 Å². The van der Waals surface area contributed by atoms with Gasteiger partial charge < -0.3 is 14.8 Å². The highest BCUT2D eigenvalue weighted by molar-refractivity contribution is 7.99. The maximum atomic E-state index is 5.92. The van der Waals surface area contributed by atoms with Crippen LogP contribution in [-0.4, -0.2) is 46.2 Å². The first-order valence-corrected chi connectivity index (χ1v) is 10.3. The van der Waals surface area contributed by atoms with E-state index in [9.17, 15) is 0 Å². The number of benzene rings is 2. The number of aryl methyl sites for hydroxylation is 1. The number of hydrogen-bond donors (Lipinski definition) is 1. The Bertz CT molecular complexity index is 857. The predicted octanol–water partition coefficient (Wildman–Crippen LogP) is 1.70. The molecule has 8 heteroatoms. The molecule has 0 aliphatic carbocycles. The highest BCUT2D eigenvalue weighted by Gasteiger charge is 2.08. The van der Waals surface area contributed by atoms with Crippen LogP contribution in [0.15, 0.2) is 53.7 Å². The van der Waals surface area contributed by atoms with E-state index >= 15 is 0 Å². The van der Waals surface area contributed by atoms with Crippen LogP contribution in [0.2, 0.25) is 0 Å². The second-order valence-electron chi connectivity index (χ2n) is 6.28. The smallest absolute Gasteiger partial charge is 0.209 e. The van der Waals surface area contributed by atoms with Gasteiger partial charge in [-0.05, 0) is 34.2 Å². The monoisotopic (exact) mass is 400 g/mol. The second-order valence-corrected chi connectivity index (χ2v) is 7.35. The average molecular weight is 401 g/mol. The molecule has 3 aromatic rings. The molecule has 0 aliphatic rings. The zero-order chi connectivity index (χ0) is 19.6. The SMILES string of the molecule is COc1cc(C[NH2+]CCSc2nnnn2C)ccc1OCCc1ccccc1. The summed E-state index contributed by atoms with van der Waals surface area (Å²) in [5.74, 6) is 2.51. The molecular weight excluding hydrogens is 374 g/mol. The van der Waals surface area contributed by atoms with Crippen molar-refractivity contribution < 1.29 is 14.8 Å². The van der Waals surface area contributed by atoms with E-state index < -0.39 is 0 Å². The molecule has 0 fully saturated rings. The molecule has 1 heterocycles. The van der Waals surface area contributed by atoms with Gasteiger partial charge in [0.25, 0.3) is 0 Å². The Kier molecular flexibility index (Phi) is 7.69. The summed E-state index contributed by atoms with van der Waals surface area (Å²) in [6, 6.07) is 16.5. The van der Waals surface area contributed by atoms with Gasteiger partial charge in [-0.25, -0.2) is 4.68 Å². The van der Waals surface area contributed by atoms with Gasteiger partial charge in [0.1, 0.15) is 6.54 Å². The first-order valence-electron chi connectivity index (χ1n) is 9.26. The van der Waals surface area contributed by atoms with Crippen LogP contribution in [0.25, 0.3) is 0 Å². The van der Waals surface area contributed by atoms with Crippen LogP contribution in [0.5, 0.6) is 11.5 Å². The molecule has 28 heavy (non-hydrogen) atoms. The fraction of sp³-hybridized carbons (Fsp3) is 0.350. The number of rotatable bonds is 11. The van der Waals surface area contributed by atoms with Crippen LogP contribution >= 0.6 is 11.8 Å². The average Bonchev–Trinajstić information content (AvgIpc) is 3.14. The molecule has 0 saturated carbocycles. The highest BCUT2D eigenvalue weighted by Crippen LogP contribution is 2.28. The predicted molar refractivity (Wildman–Crippen MR) is 109 cm³/mol. The van der Waals surface area contributed by atoms with Gasteiger partial charge >= 0.3 is 0 Å². The molecule has 7 nitrogen and oxygen atoms in total. The molecule has 148 valence electrons. The van der Waals surface area contributed by atoms with Crippen LogP contribution in [0.4, 0.5) is 0 Å². The van der Waals surface area contributed by atoms with Crippen molar-refractivity contribution in [1.82, 2.24) is 20.2 Å². The van der Waals surface area contributed by atoms with Gasteiger partial charge in [-0.2, -0.15) is 0 Å². The number of methoxy groups -OCH3 is 1. The van der Waals surface area contributed by atoms with E-state index in [2.05, 4.69) is 39.0 Å². The van der Waals surface area contributed by atoms with E-state index in [1.54, 1.807) is 23.6 Å². The number of aromatic nitrogens is 4. The molecule has 3 rings (SSSR count). The quantitative estimate of drug-likeness (QED) is 0.390. The third kappa shape index (κ3) is 5.97. The molecule has 0 spiro atoms. The first-order chi connectivity index (χ1) is 13.8. The van der Waals surface area contributed by atoms with Gasteiger partial charge in [-0.15, -0.1) is 5.10 Å². The Labute approximate surface area is 169 Å². The Morgan fingerprint density at radius 3 is 2.68 bits per heavy atom. The molecule has 0 radical (unpaired) electrons. The highest BCUT2D eigenvalue weighted by atomic mass is 32.2. The van der Waals surface area contributed by atoms with Gasteiger partial charge in [-0.3, -0.25) is 0 Å². The minimum absolute atomic E-state index is 0.625. The van der Waals surface area contributed by atoms with Gasteiger partial charge in [0.15, 0.2) is 11.5 Å². The maximum absolute atomic E-state index is 5.92. The van der Waals surface area contributed by atoms with Crippen molar-refractivity contribution in [1.29, 1.82) is 0 Å². The Hall–Kier alpha value is -2.58. The molecule has 2 N–H and O–H groups in total. The standard InChI is InChI=1S/C20H25N5O2S/c1-25-20(22-23-24-25)28-13-11-21-15-17-8-9-18(19(14-17)26-2)27-12-10-16-6-4-3-5-7-16/h3-9,14,21H,10-13,15H2,1-2H3/p+1. The van der Waals surface area contributed by atoms with Crippen molar-refractivity contribution in [2.45, 2.75) is 18.1 Å². The topological polar surface area (TPSA) is 78.7 Å². The van der Waals surface area contributed by atoms with Gasteiger partial charge in [0.2, 0.25) is 5.16 Å². The van der Waals surface area contributed by atoms with Crippen molar-refractivity contribution >= 4 is 11.8 Å². The number of thioether (sulfide) groups is 1. The summed E-state index contributed by atoms with van der Waals surface area (Å²) in [7, 11) is 3.53. The molecule has 0 bridgehead atoms. The number of hydrogen-bond acceptors (Lipinski definition) is 6. The van der Waals surface area contributed by atoms with Crippen LogP contribution in [-0.2, 0) is 20.0 Å². The lowest BCUT2D eigenvalue weighted by molar-refractivity contribution is -0.666. The minimum atomic E-state index is 0.625. The fourth-order valence-electron chi connectivity index (χ4n) is 2.73. The lowest BCUT2D eigenvalue weighted by Crippen LogP contribution is -2.83. The van der Waals surface area contributed by atoms with Crippen molar-refractivity contribution in [3.63, 3.8) is 0 Å². The summed E-state index contributed by atoms with van der Waals surface area (Å²) in [6.45, 7) is 2.49. The van der Waals surface area contributed by atoms with Gasteiger partial charge in [-0.1, -0.05) is 42.1 Å². The van der Waals surface area contributed by atoms with E-state index in [4.69, 9.17) is 9.47 Å². The summed E-state index contributed by atoms with van der Waals surface area (Å²) in [5.41, 5.74) is 2.47. The van der Waals surface area contributed by atoms with E-state index in [0.29, 0.717) is 6.61 Å². The van der Waals surface area contributed by atoms with Gasteiger partial charge in [0, 0.05) is 19.0 Å². The number of ether oxygens (including phenoxy) is 2. The van der Waals surface area contributed by atoms with E-state index in [1.807, 2.05) is 37.4 Å². The van der Waals surface area contributed by atoms with Crippen molar-refractivity contribution in [2.75, 3.05) is 26.0 Å². The molecule has 0 unspecified atom stereocenters. The van der Waals surface area contributed by atoms with Crippen molar-refractivity contribution in [2.24, 2.45) is 7.05 Å². The zero-order valence-electron chi connectivity index (χ0n) is 16.2. The summed E-state index contributed by atoms with van der Waals surface area (Å²) < 4.78 is 13.1. The van der Waals surface area contributed by atoms with Crippen LogP contribution < -0.4 is 14.8 Å². The Morgan fingerprint density at radius 1 is 1.07 bits per heavy atom. The molecule has 2 aromatic carbocycles. The molecule has 0 amide bonds. The lowest BCUT2D eigenvalue weighted by atomic mass is 10.1. The molecule has 1 aromatic heterocycles. The van der Waals surface area contributed by atoms with E-state index in [-0.39, 0.29) is 0 Å². The first kappa shape index (κ1) is 20.2. The van der Waals surface area contributed by atoms with Crippen molar-refractivity contribution in [3.05, 3.63) is 59.7 Å². The second kappa shape index (κ2) is 10.7. The number of quaternary nitrogens is 1. The van der Waals surface area contributed by atoms with Crippen LogP contribution in [0.1, 0.15) is 11.1 Å². The molecule has 0 atom stereocenters. The lowest BCUT2D eigenvalue weighted by Gasteiger charge is -2.12. The summed E-state index contributed by atoms with van der Waals surface area (Å²) in [4.78, 5) is 0. The van der Waals surface area contributed by atoms with E-state index in [0.717, 1.165) is 41.9 Å². The molecule has 0 saturated heterocycles. The number of nitrogens with zero attached hydrogens (tertiary/aromatic N) is 4. The molecular formula is C20H26N5O2S+. The number of nitrogens with two attached hydrogens (primary N) is 1. The van der Waals surface area contributed by atoms with Crippen molar-refractivity contribution in [3.8, 4) is 11.5 Å². The third-order valence-corrected chi connectivity index (χ3v) is 5.28. The summed E-state index contributed by atoms with van der Waals surface area (Å²) >= 11 is 1.66. The Morgan fingerprint density at radius 2 is 1.93 bits per heavy atom. The van der Waals surface area contributed by atoms with Crippen LogP contribution in [0, 0.1) is 0 Å². The third-order valence-electron chi connectivity index (χ3n) is 4.23. The maximum Gasteiger partial charge on any atom is 0.209 e. The normalized spacial score (nSPS) is 10.8. The summed E-state index contributed by atoms with van der Waals surface area (Å²) in [6.07, 6.45) is 0.873. The minimum Gasteiger partial charge on any atom is -0.493 e. The summed E-state index contributed by atoms with van der Waals surface area (Å²) in [5, 5.41) is 14.5. The Balaban J connectivity index is 1.42. The van der Waals surface area contributed by atoms with Crippen LogP contribution in [0.3, 0.4) is 0 Å². The zero-order valence-corrected chi connectivity index (χ0v) is 17.1.